The minimum absolute atomic E-state index is 0.0563. The van der Waals surface area contributed by atoms with Gasteiger partial charge in [0.1, 0.15) is 5.75 Å². The Labute approximate surface area is 122 Å². The third-order valence-electron chi connectivity index (χ3n) is 3.26. The van der Waals surface area contributed by atoms with Crippen LogP contribution < -0.4 is 4.74 Å². The largest absolute Gasteiger partial charge is 0.508 e. The van der Waals surface area contributed by atoms with Gasteiger partial charge in [0, 0.05) is 5.56 Å². The molecule has 0 saturated heterocycles. The molecule has 1 atom stereocenters. The van der Waals surface area contributed by atoms with Crippen molar-refractivity contribution in [1.29, 1.82) is 0 Å². The van der Waals surface area contributed by atoms with Crippen LogP contribution in [0.5, 0.6) is 17.2 Å². The highest BCUT2D eigenvalue weighted by molar-refractivity contribution is 6.01. The maximum Gasteiger partial charge on any atom is 0.172 e. The highest BCUT2D eigenvalue weighted by Crippen LogP contribution is 2.29. The summed E-state index contributed by atoms with van der Waals surface area (Å²) >= 11 is 0. The number of aromatic hydroxyl groups is 2. The average molecular weight is 288 g/mol. The minimum atomic E-state index is -0.736. The van der Waals surface area contributed by atoms with E-state index >= 15 is 0 Å². The van der Waals surface area contributed by atoms with Crippen molar-refractivity contribution in [3.05, 3.63) is 53.6 Å². The van der Waals surface area contributed by atoms with Gasteiger partial charge in [0.05, 0.1) is 19.6 Å². The fourth-order valence-corrected chi connectivity index (χ4v) is 2.08. The Balaban J connectivity index is 2.34. The summed E-state index contributed by atoms with van der Waals surface area (Å²) in [7, 11) is 1.40. The van der Waals surface area contributed by atoms with Crippen molar-refractivity contribution in [2.75, 3.05) is 13.7 Å². The van der Waals surface area contributed by atoms with Crippen LogP contribution in [-0.2, 0) is 0 Å². The van der Waals surface area contributed by atoms with E-state index < -0.39 is 5.92 Å². The number of hydrogen-bond donors (Lipinski definition) is 3. The van der Waals surface area contributed by atoms with Crippen LogP contribution in [0.1, 0.15) is 21.8 Å². The first-order valence-corrected chi connectivity index (χ1v) is 6.37. The van der Waals surface area contributed by atoms with Gasteiger partial charge in [0.25, 0.3) is 0 Å². The molecule has 0 aliphatic heterocycles. The molecule has 1 unspecified atom stereocenters. The smallest absolute Gasteiger partial charge is 0.172 e. The first-order valence-electron chi connectivity index (χ1n) is 6.37. The number of methoxy groups -OCH3 is 1. The minimum Gasteiger partial charge on any atom is -0.508 e. The standard InChI is InChI=1S/C16H16O5/c1-21-15-8-11(4-7-14(15)19)16(20)13(9-17)10-2-5-12(18)6-3-10/h2-8,13,17-19H,9H2,1H3. The predicted molar refractivity (Wildman–Crippen MR) is 76.9 cm³/mol. The second-order valence-electron chi connectivity index (χ2n) is 4.58. The lowest BCUT2D eigenvalue weighted by Gasteiger charge is -2.14. The van der Waals surface area contributed by atoms with E-state index in [9.17, 15) is 20.1 Å². The first kappa shape index (κ1) is 14.9. The SMILES string of the molecule is COc1cc(C(=O)C(CO)c2ccc(O)cc2)ccc1O. The van der Waals surface area contributed by atoms with Gasteiger partial charge < -0.3 is 20.1 Å². The summed E-state index contributed by atoms with van der Waals surface area (Å²) in [6, 6.07) is 10.4. The lowest BCUT2D eigenvalue weighted by molar-refractivity contribution is 0.0921. The molecule has 2 rings (SSSR count). The van der Waals surface area contributed by atoms with E-state index in [0.29, 0.717) is 11.1 Å². The molecule has 5 heteroatoms. The van der Waals surface area contributed by atoms with E-state index in [1.54, 1.807) is 12.1 Å². The average Bonchev–Trinajstić information content (AvgIpc) is 2.50. The third-order valence-corrected chi connectivity index (χ3v) is 3.26. The summed E-state index contributed by atoms with van der Waals surface area (Å²) in [5.41, 5.74) is 0.934. The van der Waals surface area contributed by atoms with Gasteiger partial charge in [0.2, 0.25) is 0 Å². The van der Waals surface area contributed by atoms with Gasteiger partial charge in [0.15, 0.2) is 17.3 Å². The molecule has 2 aromatic carbocycles. The molecule has 0 aliphatic rings. The number of ketones is 1. The van der Waals surface area contributed by atoms with Crippen molar-refractivity contribution < 1.29 is 24.9 Å². The molecule has 0 fully saturated rings. The molecule has 5 nitrogen and oxygen atoms in total. The van der Waals surface area contributed by atoms with Gasteiger partial charge in [-0.15, -0.1) is 0 Å². The number of hydrogen-bond acceptors (Lipinski definition) is 5. The predicted octanol–water partition coefficient (Wildman–Crippen LogP) is 2.07. The van der Waals surface area contributed by atoms with Crippen LogP contribution in [0.2, 0.25) is 0 Å². The maximum absolute atomic E-state index is 12.5. The first-order chi connectivity index (χ1) is 10.1. The second kappa shape index (κ2) is 6.28. The van der Waals surface area contributed by atoms with Gasteiger partial charge >= 0.3 is 0 Å². The quantitative estimate of drug-likeness (QED) is 0.733. The molecule has 0 radical (unpaired) electrons. The van der Waals surface area contributed by atoms with Gasteiger partial charge in [-0.1, -0.05) is 12.1 Å². The molecule has 0 aromatic heterocycles. The number of phenolic OH excluding ortho intramolecular Hbond substituents is 2. The van der Waals surface area contributed by atoms with Crippen LogP contribution in [-0.4, -0.2) is 34.8 Å². The second-order valence-corrected chi connectivity index (χ2v) is 4.58. The van der Waals surface area contributed by atoms with E-state index in [1.165, 1.54) is 37.4 Å². The van der Waals surface area contributed by atoms with Crippen molar-refractivity contribution in [3.8, 4) is 17.2 Å². The van der Waals surface area contributed by atoms with Crippen LogP contribution in [0.25, 0.3) is 0 Å². The van der Waals surface area contributed by atoms with Crippen LogP contribution in [0, 0.1) is 0 Å². The number of benzene rings is 2. The summed E-state index contributed by atoms with van der Waals surface area (Å²) < 4.78 is 4.97. The zero-order valence-corrected chi connectivity index (χ0v) is 11.5. The molecule has 0 saturated carbocycles. The molecule has 21 heavy (non-hydrogen) atoms. The number of ether oxygens (including phenoxy) is 1. The Morgan fingerprint density at radius 2 is 1.81 bits per heavy atom. The Hall–Kier alpha value is -2.53. The fourth-order valence-electron chi connectivity index (χ4n) is 2.08. The highest BCUT2D eigenvalue weighted by Gasteiger charge is 2.22. The molecule has 0 aliphatic carbocycles. The van der Waals surface area contributed by atoms with Crippen LogP contribution in [0.15, 0.2) is 42.5 Å². The van der Waals surface area contributed by atoms with Crippen molar-refractivity contribution >= 4 is 5.78 Å². The Kier molecular flexibility index (Phi) is 4.45. The van der Waals surface area contributed by atoms with Crippen molar-refractivity contribution in [3.63, 3.8) is 0 Å². The van der Waals surface area contributed by atoms with E-state index in [0.717, 1.165) is 0 Å². The molecular weight excluding hydrogens is 272 g/mol. The number of phenols is 2. The van der Waals surface area contributed by atoms with Crippen LogP contribution in [0.4, 0.5) is 0 Å². The van der Waals surface area contributed by atoms with E-state index in [1.807, 2.05) is 0 Å². The molecule has 0 amide bonds. The zero-order chi connectivity index (χ0) is 15.4. The van der Waals surface area contributed by atoms with E-state index in [4.69, 9.17) is 4.74 Å². The number of carbonyl (C=O) groups is 1. The Morgan fingerprint density at radius 3 is 2.38 bits per heavy atom. The Morgan fingerprint density at radius 1 is 1.14 bits per heavy atom. The lowest BCUT2D eigenvalue weighted by Crippen LogP contribution is -2.16. The van der Waals surface area contributed by atoms with Crippen molar-refractivity contribution in [2.24, 2.45) is 0 Å². The van der Waals surface area contributed by atoms with Gasteiger partial charge in [-0.3, -0.25) is 4.79 Å². The highest BCUT2D eigenvalue weighted by atomic mass is 16.5. The van der Waals surface area contributed by atoms with E-state index in [2.05, 4.69) is 0 Å². The van der Waals surface area contributed by atoms with Crippen LogP contribution in [0.3, 0.4) is 0 Å². The van der Waals surface area contributed by atoms with Crippen LogP contribution >= 0.6 is 0 Å². The monoisotopic (exact) mass is 288 g/mol. The zero-order valence-electron chi connectivity index (χ0n) is 11.5. The summed E-state index contributed by atoms with van der Waals surface area (Å²) in [4.78, 5) is 12.5. The third kappa shape index (κ3) is 3.14. The Bertz CT molecular complexity index is 634. The van der Waals surface area contributed by atoms with Crippen molar-refractivity contribution in [2.45, 2.75) is 5.92 Å². The number of rotatable bonds is 5. The number of carbonyl (C=O) groups excluding carboxylic acids is 1. The molecular formula is C16H16O5. The summed E-state index contributed by atoms with van der Waals surface area (Å²) in [6.45, 7) is -0.354. The lowest BCUT2D eigenvalue weighted by atomic mass is 9.91. The maximum atomic E-state index is 12.5. The van der Waals surface area contributed by atoms with Gasteiger partial charge in [-0.05, 0) is 35.9 Å². The summed E-state index contributed by atoms with van der Waals surface area (Å²) in [5.74, 6) is -0.794. The van der Waals surface area contributed by atoms with E-state index in [-0.39, 0.29) is 29.6 Å². The van der Waals surface area contributed by atoms with Crippen molar-refractivity contribution in [1.82, 2.24) is 0 Å². The normalized spacial score (nSPS) is 11.9. The topological polar surface area (TPSA) is 87.0 Å². The number of aliphatic hydroxyl groups is 1. The number of Topliss-reactive ketones (excluding diaryl/α,β-unsaturated/α-hetero) is 1. The molecule has 0 spiro atoms. The van der Waals surface area contributed by atoms with Gasteiger partial charge in [-0.25, -0.2) is 0 Å². The molecule has 0 bridgehead atoms. The summed E-state index contributed by atoms with van der Waals surface area (Å²) in [6.07, 6.45) is 0. The summed E-state index contributed by atoms with van der Waals surface area (Å²) in [5, 5.41) is 28.3. The molecule has 110 valence electrons. The molecule has 2 aromatic rings. The number of aliphatic hydroxyl groups excluding tert-OH is 1. The molecule has 0 heterocycles. The molecule has 3 N–H and O–H groups in total. The van der Waals surface area contributed by atoms with Gasteiger partial charge in [-0.2, -0.15) is 0 Å². The fraction of sp³-hybridized carbons (Fsp3) is 0.188.